The Labute approximate surface area is 165 Å². The van der Waals surface area contributed by atoms with Crippen LogP contribution in [0.4, 0.5) is 4.39 Å². The summed E-state index contributed by atoms with van der Waals surface area (Å²) in [5, 5.41) is 20.2. The molecule has 0 bridgehead atoms. The minimum absolute atomic E-state index is 0.0357. The van der Waals surface area contributed by atoms with Crippen molar-refractivity contribution in [2.24, 2.45) is 11.1 Å². The monoisotopic (exact) mass is 461 g/mol. The third-order valence-electron chi connectivity index (χ3n) is 3.76. The lowest BCUT2D eigenvalue weighted by atomic mass is 10.0. The maximum absolute atomic E-state index is 13.4. The van der Waals surface area contributed by atoms with Crippen LogP contribution in [-0.2, 0) is 22.7 Å². The molecule has 0 aliphatic heterocycles. The smallest absolute Gasteiger partial charge is 0.156 e. The van der Waals surface area contributed by atoms with E-state index in [2.05, 4.69) is 31.4 Å². The molecule has 0 amide bonds. The molecule has 1 N–H and O–H groups in total. The summed E-state index contributed by atoms with van der Waals surface area (Å²) in [6.45, 7) is 3.71. The van der Waals surface area contributed by atoms with Gasteiger partial charge >= 0.3 is 0 Å². The molecular weight excluding hydrogens is 441 g/mol. The summed E-state index contributed by atoms with van der Waals surface area (Å²) in [4.78, 5) is 0. The number of benzene rings is 1. The first kappa shape index (κ1) is 21.5. The number of hydrogen-bond donors (Lipinski definition) is 1. The zero-order chi connectivity index (χ0) is 20.0. The van der Waals surface area contributed by atoms with Gasteiger partial charge in [-0.25, -0.2) is 17.4 Å². The van der Waals surface area contributed by atoms with Gasteiger partial charge in [0.15, 0.2) is 15.5 Å². The molecule has 0 fully saturated rings. The Balaban J connectivity index is 2.06. The SMILES string of the molecule is CC(C)CS(=O)(=O)CCCc1nonc1/C(Cc1ccc(F)c(Br)c1)=N/O. The Morgan fingerprint density at radius 2 is 2.11 bits per heavy atom. The van der Waals surface area contributed by atoms with Crippen LogP contribution >= 0.6 is 15.9 Å². The van der Waals surface area contributed by atoms with E-state index in [4.69, 9.17) is 4.63 Å². The molecule has 0 saturated carbocycles. The predicted molar refractivity (Wildman–Crippen MR) is 102 cm³/mol. The zero-order valence-electron chi connectivity index (χ0n) is 15.0. The number of sulfone groups is 1. The highest BCUT2D eigenvalue weighted by molar-refractivity contribution is 9.10. The van der Waals surface area contributed by atoms with Crippen molar-refractivity contribution in [3.05, 3.63) is 45.4 Å². The van der Waals surface area contributed by atoms with Crippen LogP contribution in [0.1, 0.15) is 37.2 Å². The molecule has 0 saturated heterocycles. The molecule has 0 aliphatic rings. The number of hydrogen-bond acceptors (Lipinski definition) is 7. The van der Waals surface area contributed by atoms with E-state index in [-0.39, 0.29) is 35.3 Å². The summed E-state index contributed by atoms with van der Waals surface area (Å²) >= 11 is 3.11. The number of aromatic nitrogens is 2. The quantitative estimate of drug-likeness (QED) is 0.348. The maximum Gasteiger partial charge on any atom is 0.156 e. The molecule has 2 rings (SSSR count). The molecule has 1 aromatic heterocycles. The highest BCUT2D eigenvalue weighted by Crippen LogP contribution is 2.19. The van der Waals surface area contributed by atoms with E-state index in [1.807, 2.05) is 13.8 Å². The molecule has 1 heterocycles. The van der Waals surface area contributed by atoms with Gasteiger partial charge < -0.3 is 5.21 Å². The number of halogens is 2. The number of rotatable bonds is 9. The summed E-state index contributed by atoms with van der Waals surface area (Å²) in [5.74, 6) is -0.150. The Morgan fingerprint density at radius 3 is 2.74 bits per heavy atom. The molecule has 1 aromatic carbocycles. The van der Waals surface area contributed by atoms with E-state index >= 15 is 0 Å². The Bertz CT molecular complexity index is 913. The first-order valence-corrected chi connectivity index (χ1v) is 11.0. The van der Waals surface area contributed by atoms with Crippen molar-refractivity contribution < 1.29 is 22.6 Å². The Hall–Kier alpha value is -1.81. The van der Waals surface area contributed by atoms with Gasteiger partial charge in [0.05, 0.1) is 16.0 Å². The fourth-order valence-corrected chi connectivity index (χ4v) is 4.84. The summed E-state index contributed by atoms with van der Waals surface area (Å²) in [5.41, 5.74) is 1.59. The lowest BCUT2D eigenvalue weighted by molar-refractivity contribution is 0.300. The number of nitrogens with zero attached hydrogens (tertiary/aromatic N) is 3. The van der Waals surface area contributed by atoms with Crippen molar-refractivity contribution in [3.63, 3.8) is 0 Å². The van der Waals surface area contributed by atoms with Crippen molar-refractivity contribution in [2.45, 2.75) is 33.1 Å². The molecule has 27 heavy (non-hydrogen) atoms. The van der Waals surface area contributed by atoms with Gasteiger partial charge in [-0.2, -0.15) is 0 Å². The topological polar surface area (TPSA) is 106 Å². The van der Waals surface area contributed by atoms with Crippen molar-refractivity contribution >= 4 is 31.5 Å². The second-order valence-electron chi connectivity index (χ2n) is 6.64. The average Bonchev–Trinajstić information content (AvgIpc) is 3.02. The normalized spacial score (nSPS) is 12.7. The van der Waals surface area contributed by atoms with Crippen LogP contribution in [0.15, 0.2) is 32.5 Å². The molecule has 148 valence electrons. The van der Waals surface area contributed by atoms with Crippen molar-refractivity contribution in [3.8, 4) is 0 Å². The second kappa shape index (κ2) is 9.41. The third kappa shape index (κ3) is 6.39. The van der Waals surface area contributed by atoms with E-state index < -0.39 is 15.7 Å². The second-order valence-corrected chi connectivity index (χ2v) is 9.73. The minimum atomic E-state index is -3.13. The summed E-state index contributed by atoms with van der Waals surface area (Å²) < 4.78 is 42.4. The molecule has 0 aliphatic carbocycles. The standard InChI is InChI=1S/C17H21BrFN3O4S/c1-11(2)10-27(24,25)7-3-4-15-17(22-26-21-15)16(20-23)9-12-5-6-14(19)13(18)8-12/h5-6,8,11,23H,3-4,7,9-10H2,1-2H3/b20-16+. The fraction of sp³-hybridized carbons (Fsp3) is 0.471. The van der Waals surface area contributed by atoms with Crippen molar-refractivity contribution in [2.75, 3.05) is 11.5 Å². The van der Waals surface area contributed by atoms with Crippen LogP contribution in [-0.4, -0.2) is 41.2 Å². The lowest BCUT2D eigenvalue weighted by Gasteiger charge is -2.07. The average molecular weight is 462 g/mol. The molecule has 0 atom stereocenters. The largest absolute Gasteiger partial charge is 0.411 e. The van der Waals surface area contributed by atoms with Gasteiger partial charge in [0, 0.05) is 6.42 Å². The summed E-state index contributed by atoms with van der Waals surface area (Å²) in [7, 11) is -3.13. The van der Waals surface area contributed by atoms with Gasteiger partial charge in [-0.3, -0.25) is 0 Å². The van der Waals surface area contributed by atoms with Gasteiger partial charge in [0.1, 0.15) is 17.2 Å². The van der Waals surface area contributed by atoms with Crippen LogP contribution in [0.3, 0.4) is 0 Å². The number of oxime groups is 1. The molecular formula is C17H21BrFN3O4S. The van der Waals surface area contributed by atoms with E-state index in [1.165, 1.54) is 6.07 Å². The summed E-state index contributed by atoms with van der Waals surface area (Å²) in [6, 6.07) is 4.44. The first-order chi connectivity index (χ1) is 12.7. The van der Waals surface area contributed by atoms with E-state index in [0.29, 0.717) is 28.6 Å². The van der Waals surface area contributed by atoms with Crippen LogP contribution in [0.2, 0.25) is 0 Å². The molecule has 2 aromatic rings. The molecule has 0 radical (unpaired) electrons. The van der Waals surface area contributed by atoms with E-state index in [1.54, 1.807) is 12.1 Å². The molecule has 10 heteroatoms. The van der Waals surface area contributed by atoms with Gasteiger partial charge in [-0.05, 0) is 57.5 Å². The van der Waals surface area contributed by atoms with E-state index in [9.17, 15) is 18.0 Å². The fourth-order valence-electron chi connectivity index (χ4n) is 2.65. The maximum atomic E-state index is 13.4. The van der Waals surface area contributed by atoms with Crippen LogP contribution in [0.5, 0.6) is 0 Å². The minimum Gasteiger partial charge on any atom is -0.411 e. The summed E-state index contributed by atoms with van der Waals surface area (Å²) in [6.07, 6.45) is 0.863. The first-order valence-electron chi connectivity index (χ1n) is 8.39. The van der Waals surface area contributed by atoms with Gasteiger partial charge in [-0.15, -0.1) is 0 Å². The van der Waals surface area contributed by atoms with Gasteiger partial charge in [0.25, 0.3) is 0 Å². The van der Waals surface area contributed by atoms with Gasteiger partial charge in [-0.1, -0.05) is 30.2 Å². The highest BCUT2D eigenvalue weighted by Gasteiger charge is 2.19. The molecule has 7 nitrogen and oxygen atoms in total. The zero-order valence-corrected chi connectivity index (χ0v) is 17.4. The molecule has 0 spiro atoms. The van der Waals surface area contributed by atoms with Crippen LogP contribution in [0.25, 0.3) is 0 Å². The Morgan fingerprint density at radius 1 is 1.37 bits per heavy atom. The molecule has 0 unspecified atom stereocenters. The van der Waals surface area contributed by atoms with E-state index in [0.717, 1.165) is 0 Å². The Kier molecular flexibility index (Phi) is 7.49. The third-order valence-corrected chi connectivity index (χ3v) is 6.46. The highest BCUT2D eigenvalue weighted by atomic mass is 79.9. The predicted octanol–water partition coefficient (Wildman–Crippen LogP) is 3.40. The van der Waals surface area contributed by atoms with Gasteiger partial charge in [0.2, 0.25) is 0 Å². The lowest BCUT2D eigenvalue weighted by Crippen LogP contribution is -2.16. The van der Waals surface area contributed by atoms with Crippen molar-refractivity contribution in [1.29, 1.82) is 0 Å². The van der Waals surface area contributed by atoms with Crippen molar-refractivity contribution in [1.82, 2.24) is 10.3 Å². The number of aryl methyl sites for hydroxylation is 1. The van der Waals surface area contributed by atoms with Crippen LogP contribution < -0.4 is 0 Å². The van der Waals surface area contributed by atoms with Crippen LogP contribution in [0, 0.1) is 11.7 Å².